The molecule has 0 aliphatic heterocycles. The van der Waals surface area contributed by atoms with Gasteiger partial charge in [0.2, 0.25) is 0 Å². The minimum Gasteiger partial charge on any atom is -0.393 e. The standard InChI is InChI=1S/C15H25N3O2/c1-11(2)8-17(9-12(3)4)10-13-5-6-14(16)15(7-13)18(19)20/h5-7,11-12H,8-10,16H2,1-4H3. The monoisotopic (exact) mass is 279 g/mol. The molecule has 5 nitrogen and oxygen atoms in total. The predicted molar refractivity (Wildman–Crippen MR) is 82.5 cm³/mol. The van der Waals surface area contributed by atoms with E-state index in [2.05, 4.69) is 32.6 Å². The molecule has 0 saturated carbocycles. The summed E-state index contributed by atoms with van der Waals surface area (Å²) in [6, 6.07) is 5.08. The van der Waals surface area contributed by atoms with Crippen LogP contribution in [0.25, 0.3) is 0 Å². The molecule has 0 fully saturated rings. The normalized spacial score (nSPS) is 11.6. The quantitative estimate of drug-likeness (QED) is 0.472. The molecule has 0 unspecified atom stereocenters. The summed E-state index contributed by atoms with van der Waals surface area (Å²) >= 11 is 0. The zero-order valence-electron chi connectivity index (χ0n) is 12.8. The number of hydrogen-bond acceptors (Lipinski definition) is 4. The second kappa shape index (κ2) is 7.24. The number of nitrogen functional groups attached to an aromatic ring is 1. The van der Waals surface area contributed by atoms with Gasteiger partial charge < -0.3 is 5.73 Å². The highest BCUT2D eigenvalue weighted by atomic mass is 16.6. The summed E-state index contributed by atoms with van der Waals surface area (Å²) in [6.45, 7) is 11.4. The molecule has 0 heterocycles. The average Bonchev–Trinajstić information content (AvgIpc) is 2.29. The van der Waals surface area contributed by atoms with Gasteiger partial charge in [-0.1, -0.05) is 33.8 Å². The molecule has 2 N–H and O–H groups in total. The summed E-state index contributed by atoms with van der Waals surface area (Å²) < 4.78 is 0. The molecule has 112 valence electrons. The summed E-state index contributed by atoms with van der Waals surface area (Å²) in [7, 11) is 0. The highest BCUT2D eigenvalue weighted by Gasteiger charge is 2.15. The first-order valence-electron chi connectivity index (χ1n) is 7.04. The van der Waals surface area contributed by atoms with Crippen LogP contribution in [-0.2, 0) is 6.54 Å². The predicted octanol–water partition coefficient (Wildman–Crippen LogP) is 3.29. The molecule has 5 heteroatoms. The van der Waals surface area contributed by atoms with E-state index in [9.17, 15) is 10.1 Å². The van der Waals surface area contributed by atoms with Gasteiger partial charge in [0.05, 0.1) is 4.92 Å². The summed E-state index contributed by atoms with van der Waals surface area (Å²) in [5, 5.41) is 10.9. The molecular formula is C15H25N3O2. The number of rotatable bonds is 7. The molecule has 1 aromatic rings. The average molecular weight is 279 g/mol. The van der Waals surface area contributed by atoms with Crippen molar-refractivity contribution in [2.24, 2.45) is 11.8 Å². The molecular weight excluding hydrogens is 254 g/mol. The van der Waals surface area contributed by atoms with E-state index in [1.54, 1.807) is 12.1 Å². The molecule has 0 aromatic heterocycles. The highest BCUT2D eigenvalue weighted by Crippen LogP contribution is 2.23. The van der Waals surface area contributed by atoms with Crippen LogP contribution >= 0.6 is 0 Å². The van der Waals surface area contributed by atoms with Crippen LogP contribution in [0.2, 0.25) is 0 Å². The van der Waals surface area contributed by atoms with Crippen molar-refractivity contribution in [1.82, 2.24) is 4.90 Å². The number of nitrogens with zero attached hydrogens (tertiary/aromatic N) is 2. The van der Waals surface area contributed by atoms with Gasteiger partial charge in [-0.05, 0) is 23.5 Å². The Hall–Kier alpha value is -1.62. The van der Waals surface area contributed by atoms with E-state index in [0.29, 0.717) is 11.8 Å². The van der Waals surface area contributed by atoms with Crippen LogP contribution in [0.15, 0.2) is 18.2 Å². The molecule has 20 heavy (non-hydrogen) atoms. The summed E-state index contributed by atoms with van der Waals surface area (Å²) in [6.07, 6.45) is 0. The Bertz CT molecular complexity index is 448. The van der Waals surface area contributed by atoms with E-state index in [4.69, 9.17) is 5.73 Å². The SMILES string of the molecule is CC(C)CN(Cc1ccc(N)c([N+](=O)[O-])c1)CC(C)C. The smallest absolute Gasteiger partial charge is 0.292 e. The van der Waals surface area contributed by atoms with Gasteiger partial charge >= 0.3 is 0 Å². The molecule has 0 bridgehead atoms. The minimum absolute atomic E-state index is 0.00320. The van der Waals surface area contributed by atoms with Crippen LogP contribution in [0.3, 0.4) is 0 Å². The fourth-order valence-electron chi connectivity index (χ4n) is 2.34. The molecule has 0 spiro atoms. The van der Waals surface area contributed by atoms with Gasteiger partial charge in [0.1, 0.15) is 5.69 Å². The van der Waals surface area contributed by atoms with Gasteiger partial charge in [0.15, 0.2) is 0 Å². The highest BCUT2D eigenvalue weighted by molar-refractivity contribution is 5.59. The third-order valence-electron chi connectivity index (χ3n) is 2.94. The van der Waals surface area contributed by atoms with E-state index >= 15 is 0 Å². The van der Waals surface area contributed by atoms with Crippen molar-refractivity contribution >= 4 is 11.4 Å². The summed E-state index contributed by atoms with van der Waals surface area (Å²) in [5.41, 5.74) is 6.78. The van der Waals surface area contributed by atoms with E-state index in [0.717, 1.165) is 25.2 Å². The van der Waals surface area contributed by atoms with E-state index < -0.39 is 4.92 Å². The lowest BCUT2D eigenvalue weighted by atomic mass is 10.1. The Kier molecular flexibility index (Phi) is 5.95. The number of hydrogen-bond donors (Lipinski definition) is 1. The maximum atomic E-state index is 10.9. The van der Waals surface area contributed by atoms with Gasteiger partial charge in [-0.3, -0.25) is 15.0 Å². The second-order valence-corrected chi connectivity index (χ2v) is 6.13. The third-order valence-corrected chi connectivity index (χ3v) is 2.94. The van der Waals surface area contributed by atoms with Gasteiger partial charge in [-0.2, -0.15) is 0 Å². The molecule has 1 aromatic carbocycles. The van der Waals surface area contributed by atoms with Crippen LogP contribution in [0.5, 0.6) is 0 Å². The lowest BCUT2D eigenvalue weighted by Gasteiger charge is -2.26. The fourth-order valence-corrected chi connectivity index (χ4v) is 2.34. The zero-order chi connectivity index (χ0) is 15.3. The molecule has 0 aliphatic rings. The lowest BCUT2D eigenvalue weighted by Crippen LogP contribution is -2.30. The maximum absolute atomic E-state index is 10.9. The number of anilines is 1. The summed E-state index contributed by atoms with van der Waals surface area (Å²) in [5.74, 6) is 1.13. The molecule has 0 atom stereocenters. The van der Waals surface area contributed by atoms with E-state index in [1.807, 2.05) is 6.07 Å². The van der Waals surface area contributed by atoms with Crippen molar-refractivity contribution in [1.29, 1.82) is 0 Å². The zero-order valence-corrected chi connectivity index (χ0v) is 12.8. The van der Waals surface area contributed by atoms with Crippen molar-refractivity contribution in [3.8, 4) is 0 Å². The van der Waals surface area contributed by atoms with Gasteiger partial charge in [0, 0.05) is 25.7 Å². The number of benzene rings is 1. The Balaban J connectivity index is 2.87. The fraction of sp³-hybridized carbons (Fsp3) is 0.600. The van der Waals surface area contributed by atoms with E-state index in [1.165, 1.54) is 0 Å². The van der Waals surface area contributed by atoms with Crippen molar-refractivity contribution < 1.29 is 4.92 Å². The third kappa shape index (κ3) is 5.17. The molecule has 0 radical (unpaired) electrons. The first-order chi connectivity index (χ1) is 9.29. The van der Waals surface area contributed by atoms with Gasteiger partial charge in [-0.15, -0.1) is 0 Å². The molecule has 0 saturated heterocycles. The topological polar surface area (TPSA) is 72.4 Å². The Morgan fingerprint density at radius 1 is 1.20 bits per heavy atom. The van der Waals surface area contributed by atoms with Crippen LogP contribution in [0.4, 0.5) is 11.4 Å². The van der Waals surface area contributed by atoms with Crippen LogP contribution < -0.4 is 5.73 Å². The lowest BCUT2D eigenvalue weighted by molar-refractivity contribution is -0.384. The van der Waals surface area contributed by atoms with Crippen molar-refractivity contribution in [2.45, 2.75) is 34.2 Å². The largest absolute Gasteiger partial charge is 0.393 e. The summed E-state index contributed by atoms with van der Waals surface area (Å²) in [4.78, 5) is 12.8. The van der Waals surface area contributed by atoms with E-state index in [-0.39, 0.29) is 11.4 Å². The molecule has 1 rings (SSSR count). The Labute approximate surface area is 120 Å². The van der Waals surface area contributed by atoms with Crippen molar-refractivity contribution in [2.75, 3.05) is 18.8 Å². The first kappa shape index (κ1) is 16.4. The minimum atomic E-state index is -0.423. The van der Waals surface area contributed by atoms with Crippen LogP contribution in [-0.4, -0.2) is 22.9 Å². The van der Waals surface area contributed by atoms with Gasteiger partial charge in [0.25, 0.3) is 5.69 Å². The molecule has 0 aliphatic carbocycles. The number of nitro benzene ring substituents is 1. The van der Waals surface area contributed by atoms with Crippen molar-refractivity contribution in [3.63, 3.8) is 0 Å². The van der Waals surface area contributed by atoms with Crippen LogP contribution in [0, 0.1) is 22.0 Å². The number of nitrogens with two attached hydrogens (primary N) is 1. The molecule has 0 amide bonds. The second-order valence-electron chi connectivity index (χ2n) is 6.13. The maximum Gasteiger partial charge on any atom is 0.292 e. The van der Waals surface area contributed by atoms with Gasteiger partial charge in [-0.25, -0.2) is 0 Å². The Morgan fingerprint density at radius 2 is 1.75 bits per heavy atom. The first-order valence-corrected chi connectivity index (χ1v) is 7.04. The van der Waals surface area contributed by atoms with Crippen LogP contribution in [0.1, 0.15) is 33.3 Å². The Morgan fingerprint density at radius 3 is 2.20 bits per heavy atom. The van der Waals surface area contributed by atoms with Crippen molar-refractivity contribution in [3.05, 3.63) is 33.9 Å². The number of nitro groups is 1.